The fourth-order valence-corrected chi connectivity index (χ4v) is 2.13. The van der Waals surface area contributed by atoms with E-state index in [4.69, 9.17) is 0 Å². The molecule has 0 atom stereocenters. The van der Waals surface area contributed by atoms with E-state index in [1.54, 1.807) is 0 Å². The van der Waals surface area contributed by atoms with Gasteiger partial charge in [-0.25, -0.2) is 0 Å². The molecule has 2 nitrogen and oxygen atoms in total. The molecular formula is C17H27NO. The van der Waals surface area contributed by atoms with Crippen LogP contribution in [0, 0.1) is 12.3 Å². The second-order valence-corrected chi connectivity index (χ2v) is 7.47. The maximum atomic E-state index is 12.3. The van der Waals surface area contributed by atoms with Crippen molar-refractivity contribution >= 4 is 5.91 Å². The highest BCUT2D eigenvalue weighted by Gasteiger charge is 2.20. The van der Waals surface area contributed by atoms with Gasteiger partial charge in [0, 0.05) is 12.1 Å². The first-order chi connectivity index (χ1) is 8.52. The van der Waals surface area contributed by atoms with Crippen LogP contribution in [-0.4, -0.2) is 12.5 Å². The van der Waals surface area contributed by atoms with Gasteiger partial charge >= 0.3 is 0 Å². The van der Waals surface area contributed by atoms with Gasteiger partial charge in [-0.15, -0.1) is 0 Å². The van der Waals surface area contributed by atoms with Crippen LogP contribution in [0.4, 0.5) is 0 Å². The highest BCUT2D eigenvalue weighted by molar-refractivity contribution is 5.96. The number of rotatable bonds is 2. The minimum atomic E-state index is 0.0264. The van der Waals surface area contributed by atoms with Crippen LogP contribution in [0.15, 0.2) is 18.2 Å². The maximum Gasteiger partial charge on any atom is 0.251 e. The van der Waals surface area contributed by atoms with Crippen LogP contribution >= 0.6 is 0 Å². The van der Waals surface area contributed by atoms with E-state index in [0.29, 0.717) is 6.54 Å². The van der Waals surface area contributed by atoms with E-state index in [1.165, 1.54) is 5.56 Å². The number of hydrogen-bond donors (Lipinski definition) is 1. The predicted octanol–water partition coefficient (Wildman–Crippen LogP) is 4.07. The fourth-order valence-electron chi connectivity index (χ4n) is 2.13. The molecule has 0 aliphatic rings. The summed E-state index contributed by atoms with van der Waals surface area (Å²) < 4.78 is 0. The molecule has 0 radical (unpaired) electrons. The Kier molecular flexibility index (Phi) is 4.44. The summed E-state index contributed by atoms with van der Waals surface area (Å²) in [5.41, 5.74) is 3.27. The van der Waals surface area contributed by atoms with Gasteiger partial charge in [-0.3, -0.25) is 4.79 Å². The molecule has 19 heavy (non-hydrogen) atoms. The normalized spacial score (nSPS) is 12.4. The molecule has 2 heteroatoms. The SMILES string of the molecule is Cc1c(C(=O)NCC(C)(C)C)cccc1C(C)(C)C. The molecule has 0 saturated heterocycles. The lowest BCUT2D eigenvalue weighted by atomic mass is 9.82. The molecule has 0 unspecified atom stereocenters. The molecule has 1 rings (SSSR count). The summed E-state index contributed by atoms with van der Waals surface area (Å²) in [6, 6.07) is 5.98. The smallest absolute Gasteiger partial charge is 0.251 e. The molecule has 1 N–H and O–H groups in total. The predicted molar refractivity (Wildman–Crippen MR) is 81.7 cm³/mol. The molecule has 0 bridgehead atoms. The van der Waals surface area contributed by atoms with E-state index < -0.39 is 0 Å². The van der Waals surface area contributed by atoms with Gasteiger partial charge in [0.05, 0.1) is 0 Å². The minimum Gasteiger partial charge on any atom is -0.352 e. The quantitative estimate of drug-likeness (QED) is 0.854. The van der Waals surface area contributed by atoms with E-state index in [-0.39, 0.29) is 16.7 Å². The Hall–Kier alpha value is -1.31. The summed E-state index contributed by atoms with van der Waals surface area (Å²) in [6.07, 6.45) is 0. The molecular weight excluding hydrogens is 234 g/mol. The van der Waals surface area contributed by atoms with Gasteiger partial charge in [0.25, 0.3) is 5.91 Å². The number of nitrogens with one attached hydrogen (secondary N) is 1. The Labute approximate surface area is 117 Å². The maximum absolute atomic E-state index is 12.3. The Morgan fingerprint density at radius 1 is 1.11 bits per heavy atom. The van der Waals surface area contributed by atoms with Gasteiger partial charge in [-0.2, -0.15) is 0 Å². The first kappa shape index (κ1) is 15.7. The Morgan fingerprint density at radius 2 is 1.68 bits per heavy atom. The van der Waals surface area contributed by atoms with Gasteiger partial charge < -0.3 is 5.32 Å². The fraction of sp³-hybridized carbons (Fsp3) is 0.588. The third-order valence-corrected chi connectivity index (χ3v) is 3.17. The van der Waals surface area contributed by atoms with Crippen LogP contribution in [0.3, 0.4) is 0 Å². The van der Waals surface area contributed by atoms with Crippen molar-refractivity contribution in [3.05, 3.63) is 34.9 Å². The molecule has 0 fully saturated rings. The van der Waals surface area contributed by atoms with E-state index >= 15 is 0 Å². The number of benzene rings is 1. The van der Waals surface area contributed by atoms with Crippen LogP contribution in [0.25, 0.3) is 0 Å². The summed E-state index contributed by atoms with van der Waals surface area (Å²) >= 11 is 0. The lowest BCUT2D eigenvalue weighted by Crippen LogP contribution is -2.33. The monoisotopic (exact) mass is 261 g/mol. The van der Waals surface area contributed by atoms with Crippen molar-refractivity contribution in [2.45, 2.75) is 53.9 Å². The van der Waals surface area contributed by atoms with Crippen LogP contribution < -0.4 is 5.32 Å². The minimum absolute atomic E-state index is 0.0264. The van der Waals surface area contributed by atoms with Crippen molar-refractivity contribution in [2.24, 2.45) is 5.41 Å². The summed E-state index contributed by atoms with van der Waals surface area (Å²) in [5.74, 6) is 0.0264. The van der Waals surface area contributed by atoms with E-state index in [9.17, 15) is 4.79 Å². The number of amides is 1. The van der Waals surface area contributed by atoms with Crippen LogP contribution in [-0.2, 0) is 5.41 Å². The topological polar surface area (TPSA) is 29.1 Å². The number of carbonyl (C=O) groups excluding carboxylic acids is 1. The molecule has 0 spiro atoms. The molecule has 1 amide bonds. The van der Waals surface area contributed by atoms with Gasteiger partial charge in [-0.1, -0.05) is 53.7 Å². The molecule has 1 aromatic rings. The van der Waals surface area contributed by atoms with Crippen molar-refractivity contribution in [3.8, 4) is 0 Å². The van der Waals surface area contributed by atoms with Crippen molar-refractivity contribution in [1.82, 2.24) is 5.32 Å². The second-order valence-electron chi connectivity index (χ2n) is 7.47. The summed E-state index contributed by atoms with van der Waals surface area (Å²) in [5, 5.41) is 3.02. The number of hydrogen-bond acceptors (Lipinski definition) is 1. The third kappa shape index (κ3) is 4.38. The molecule has 106 valence electrons. The number of carbonyl (C=O) groups is 1. The second kappa shape index (κ2) is 5.36. The largest absolute Gasteiger partial charge is 0.352 e. The van der Waals surface area contributed by atoms with Crippen LogP contribution in [0.2, 0.25) is 0 Å². The van der Waals surface area contributed by atoms with E-state index in [1.807, 2.05) is 19.1 Å². The van der Waals surface area contributed by atoms with Gasteiger partial charge in [-0.05, 0) is 34.9 Å². The van der Waals surface area contributed by atoms with Crippen molar-refractivity contribution in [2.75, 3.05) is 6.54 Å². The average molecular weight is 261 g/mol. The molecule has 0 aliphatic heterocycles. The molecule has 0 aliphatic carbocycles. The van der Waals surface area contributed by atoms with Crippen molar-refractivity contribution < 1.29 is 4.79 Å². The molecule has 0 aromatic heterocycles. The van der Waals surface area contributed by atoms with Crippen molar-refractivity contribution in [1.29, 1.82) is 0 Å². The average Bonchev–Trinajstić information content (AvgIpc) is 2.23. The van der Waals surface area contributed by atoms with Crippen molar-refractivity contribution in [3.63, 3.8) is 0 Å². The highest BCUT2D eigenvalue weighted by atomic mass is 16.1. The summed E-state index contributed by atoms with van der Waals surface area (Å²) in [7, 11) is 0. The zero-order valence-electron chi connectivity index (χ0n) is 13.3. The first-order valence-electron chi connectivity index (χ1n) is 6.91. The zero-order chi connectivity index (χ0) is 14.8. The Balaban J connectivity index is 2.99. The van der Waals surface area contributed by atoms with Gasteiger partial charge in [0.2, 0.25) is 0 Å². The summed E-state index contributed by atoms with van der Waals surface area (Å²) in [4.78, 5) is 12.3. The highest BCUT2D eigenvalue weighted by Crippen LogP contribution is 2.27. The lowest BCUT2D eigenvalue weighted by molar-refractivity contribution is 0.0938. The Morgan fingerprint density at radius 3 is 2.16 bits per heavy atom. The summed E-state index contributed by atoms with van der Waals surface area (Å²) in [6.45, 7) is 15.6. The van der Waals surface area contributed by atoms with Crippen LogP contribution in [0.5, 0.6) is 0 Å². The third-order valence-electron chi connectivity index (χ3n) is 3.17. The van der Waals surface area contributed by atoms with Gasteiger partial charge in [0.1, 0.15) is 0 Å². The lowest BCUT2D eigenvalue weighted by Gasteiger charge is -2.24. The molecule has 0 heterocycles. The molecule has 0 saturated carbocycles. The van der Waals surface area contributed by atoms with Crippen LogP contribution in [0.1, 0.15) is 63.0 Å². The molecule has 1 aromatic carbocycles. The van der Waals surface area contributed by atoms with E-state index in [2.05, 4.69) is 52.9 Å². The first-order valence-corrected chi connectivity index (χ1v) is 6.91. The van der Waals surface area contributed by atoms with E-state index in [0.717, 1.165) is 11.1 Å². The Bertz CT molecular complexity index is 461. The zero-order valence-corrected chi connectivity index (χ0v) is 13.3. The standard InChI is InChI=1S/C17H27NO/c1-12-13(15(19)18-11-16(2,3)4)9-8-10-14(12)17(5,6)7/h8-10H,11H2,1-7H3,(H,18,19). The van der Waals surface area contributed by atoms with Gasteiger partial charge in [0.15, 0.2) is 0 Å².